The molecule has 0 aliphatic carbocycles. The Labute approximate surface area is 211 Å². The third-order valence-electron chi connectivity index (χ3n) is 6.63. The summed E-state index contributed by atoms with van der Waals surface area (Å²) in [6.07, 6.45) is 1.80. The number of carbonyl (C=O) groups is 2. The Balaban J connectivity index is 1.51. The molecule has 2 unspecified atom stereocenters. The lowest BCUT2D eigenvalue weighted by Crippen LogP contribution is -2.43. The van der Waals surface area contributed by atoms with Crippen LogP contribution < -0.4 is 10.1 Å². The summed E-state index contributed by atoms with van der Waals surface area (Å²) in [5.41, 5.74) is 3.40. The number of aryl methyl sites for hydroxylation is 1. The van der Waals surface area contributed by atoms with Gasteiger partial charge in [-0.15, -0.1) is 11.3 Å². The molecule has 10 heteroatoms. The molecule has 2 amide bonds. The van der Waals surface area contributed by atoms with Gasteiger partial charge in [-0.2, -0.15) is 0 Å². The largest absolute Gasteiger partial charge is 0.488 e. The number of hydrogen-bond acceptors (Lipinski definition) is 6. The minimum Gasteiger partial charge on any atom is -0.488 e. The molecule has 5 rings (SSSR count). The monoisotopic (exact) mass is 515 g/mol. The predicted octanol–water partition coefficient (Wildman–Crippen LogP) is 4.10. The molecule has 1 aromatic carbocycles. The molecule has 2 aliphatic rings. The maximum atomic E-state index is 12.1. The molecule has 0 saturated carbocycles. The van der Waals surface area contributed by atoms with Gasteiger partial charge in [0.05, 0.1) is 28.8 Å². The number of ether oxygens (including phenoxy) is 1. The number of nitrogens with zero attached hydrogens (tertiary/aromatic N) is 2. The predicted molar refractivity (Wildman–Crippen MR) is 134 cm³/mol. The fraction of sp³-hybridized carbons (Fsp3) is 0.400. The van der Waals surface area contributed by atoms with E-state index in [9.17, 15) is 19.8 Å². The third kappa shape index (κ3) is 4.80. The van der Waals surface area contributed by atoms with E-state index in [2.05, 4.69) is 10.3 Å². The Morgan fingerprint density at radius 2 is 2.17 bits per heavy atom. The first-order valence-electron chi connectivity index (χ1n) is 11.6. The van der Waals surface area contributed by atoms with Crippen LogP contribution in [0.5, 0.6) is 5.75 Å². The van der Waals surface area contributed by atoms with Gasteiger partial charge in [0.2, 0.25) is 5.91 Å². The average molecular weight is 516 g/mol. The molecule has 0 radical (unpaired) electrons. The van der Waals surface area contributed by atoms with Crippen molar-refractivity contribution in [1.82, 2.24) is 15.2 Å². The standard InChI is InChI=1S/C25H26ClN3O5S/c1-13-7-14(26)8-18(22(13)34-15-3-2-6-29(12-15)25(32)33)17-4-5-27-20-10-16(35-23(17)20)9-19-21(30)11-28-24(19)31/h4-5,7-8,10,15,19,21,30H,2-3,6,9,11-12H2,1H3,(H,28,31)(H,32,33)/t15-,19?,21?/m0/s1. The van der Waals surface area contributed by atoms with E-state index in [0.717, 1.165) is 44.6 Å². The van der Waals surface area contributed by atoms with Gasteiger partial charge in [-0.1, -0.05) is 11.6 Å². The van der Waals surface area contributed by atoms with Crippen molar-refractivity contribution in [2.24, 2.45) is 5.92 Å². The summed E-state index contributed by atoms with van der Waals surface area (Å²) in [5.74, 6) is 0.0779. The molecule has 2 saturated heterocycles. The molecule has 3 aromatic rings. The van der Waals surface area contributed by atoms with E-state index >= 15 is 0 Å². The summed E-state index contributed by atoms with van der Waals surface area (Å²) in [6, 6.07) is 7.59. The number of carbonyl (C=O) groups excluding carboxylic acids is 1. The molecule has 0 bridgehead atoms. The number of aromatic nitrogens is 1. The lowest BCUT2D eigenvalue weighted by atomic mass is 10.00. The molecule has 8 nitrogen and oxygen atoms in total. The molecule has 184 valence electrons. The minimum atomic E-state index is -0.936. The van der Waals surface area contributed by atoms with Gasteiger partial charge in [0.15, 0.2) is 0 Å². The highest BCUT2D eigenvalue weighted by Gasteiger charge is 2.34. The molecule has 2 aromatic heterocycles. The number of pyridine rings is 1. The Morgan fingerprint density at radius 1 is 1.34 bits per heavy atom. The number of β-amino-alcohol motifs (C(OH)–C–C–N with tert-alkyl or cyclic N) is 1. The van der Waals surface area contributed by atoms with Crippen molar-refractivity contribution in [3.63, 3.8) is 0 Å². The third-order valence-corrected chi connectivity index (χ3v) is 8.03. The van der Waals surface area contributed by atoms with E-state index in [1.54, 1.807) is 17.5 Å². The summed E-state index contributed by atoms with van der Waals surface area (Å²) < 4.78 is 7.38. The van der Waals surface area contributed by atoms with Crippen LogP contribution in [0.2, 0.25) is 5.02 Å². The number of rotatable bonds is 5. The van der Waals surface area contributed by atoms with E-state index in [1.807, 2.05) is 31.2 Å². The number of nitrogens with one attached hydrogen (secondary N) is 1. The average Bonchev–Trinajstić information content (AvgIpc) is 3.38. The quantitative estimate of drug-likeness (QED) is 0.471. The summed E-state index contributed by atoms with van der Waals surface area (Å²) in [4.78, 5) is 30.5. The number of halogens is 1. The van der Waals surface area contributed by atoms with Crippen molar-refractivity contribution < 1.29 is 24.5 Å². The number of aliphatic hydroxyl groups excluding tert-OH is 1. The van der Waals surface area contributed by atoms with E-state index < -0.39 is 18.1 Å². The lowest BCUT2D eigenvalue weighted by molar-refractivity contribution is -0.123. The first kappa shape index (κ1) is 23.8. The number of thiophene rings is 1. The summed E-state index contributed by atoms with van der Waals surface area (Å²) in [5, 5.41) is 22.9. The van der Waals surface area contributed by atoms with Gasteiger partial charge in [-0.05, 0) is 56.0 Å². The van der Waals surface area contributed by atoms with Crippen molar-refractivity contribution in [2.75, 3.05) is 19.6 Å². The number of amides is 2. The SMILES string of the molecule is Cc1cc(Cl)cc(-c2ccnc3cc(CC4C(=O)NCC4O)sc23)c1O[C@H]1CCCN(C(=O)O)C1. The van der Waals surface area contributed by atoms with Gasteiger partial charge >= 0.3 is 6.09 Å². The van der Waals surface area contributed by atoms with Crippen LogP contribution in [0.1, 0.15) is 23.3 Å². The van der Waals surface area contributed by atoms with Gasteiger partial charge in [0, 0.05) is 40.3 Å². The molecular formula is C25H26ClN3O5S. The van der Waals surface area contributed by atoms with Crippen molar-refractivity contribution in [2.45, 2.75) is 38.4 Å². The second-order valence-electron chi connectivity index (χ2n) is 9.12. The first-order valence-corrected chi connectivity index (χ1v) is 12.8. The molecule has 2 fully saturated rings. The van der Waals surface area contributed by atoms with Gasteiger partial charge in [0.25, 0.3) is 0 Å². The maximum Gasteiger partial charge on any atom is 0.407 e. The van der Waals surface area contributed by atoms with Crippen LogP contribution in [0, 0.1) is 12.8 Å². The molecule has 3 atom stereocenters. The smallest absolute Gasteiger partial charge is 0.407 e. The van der Waals surface area contributed by atoms with Gasteiger partial charge < -0.3 is 25.2 Å². The van der Waals surface area contributed by atoms with Gasteiger partial charge in [0.1, 0.15) is 11.9 Å². The second kappa shape index (κ2) is 9.64. The normalized spacial score (nSPS) is 22.4. The molecule has 3 N–H and O–H groups in total. The van der Waals surface area contributed by atoms with Crippen molar-refractivity contribution in [3.05, 3.63) is 45.9 Å². The number of fused-ring (bicyclic) bond motifs is 1. The topological polar surface area (TPSA) is 112 Å². The lowest BCUT2D eigenvalue weighted by Gasteiger charge is -2.32. The zero-order chi connectivity index (χ0) is 24.7. The van der Waals surface area contributed by atoms with Gasteiger partial charge in [-0.3, -0.25) is 9.78 Å². The van der Waals surface area contributed by atoms with Crippen LogP contribution in [-0.2, 0) is 11.2 Å². The number of hydrogen-bond donors (Lipinski definition) is 3. The number of benzene rings is 1. The Bertz CT molecular complexity index is 1300. The van der Waals surface area contributed by atoms with E-state index in [1.165, 1.54) is 4.90 Å². The van der Waals surface area contributed by atoms with Crippen LogP contribution in [-0.4, -0.2) is 63.9 Å². The Morgan fingerprint density at radius 3 is 2.91 bits per heavy atom. The second-order valence-corrected chi connectivity index (χ2v) is 10.7. The summed E-state index contributed by atoms with van der Waals surface area (Å²) in [7, 11) is 0. The van der Waals surface area contributed by atoms with Crippen molar-refractivity contribution >= 4 is 45.2 Å². The van der Waals surface area contributed by atoms with E-state index in [0.29, 0.717) is 30.3 Å². The van der Waals surface area contributed by atoms with Gasteiger partial charge in [-0.25, -0.2) is 4.79 Å². The number of carboxylic acid groups (broad SMARTS) is 1. The van der Waals surface area contributed by atoms with Crippen molar-refractivity contribution in [3.8, 4) is 16.9 Å². The highest BCUT2D eigenvalue weighted by Crippen LogP contribution is 2.42. The van der Waals surface area contributed by atoms with Crippen LogP contribution in [0.3, 0.4) is 0 Å². The molecule has 35 heavy (non-hydrogen) atoms. The van der Waals surface area contributed by atoms with Crippen molar-refractivity contribution in [1.29, 1.82) is 0 Å². The summed E-state index contributed by atoms with van der Waals surface area (Å²) >= 11 is 8.00. The molecule has 0 spiro atoms. The number of piperidine rings is 1. The Kier molecular flexibility index (Phi) is 6.57. The van der Waals surface area contributed by atoms with Crippen LogP contribution in [0.15, 0.2) is 30.5 Å². The number of aliphatic hydroxyl groups is 1. The highest BCUT2D eigenvalue weighted by atomic mass is 35.5. The van der Waals surface area contributed by atoms with E-state index in [4.69, 9.17) is 16.3 Å². The molecule has 2 aliphatic heterocycles. The first-order chi connectivity index (χ1) is 16.8. The number of likely N-dealkylation sites (tertiary alicyclic amines) is 1. The maximum absolute atomic E-state index is 12.1. The zero-order valence-electron chi connectivity index (χ0n) is 19.2. The van der Waals surface area contributed by atoms with Crippen LogP contribution in [0.25, 0.3) is 21.3 Å². The molecular weight excluding hydrogens is 490 g/mol. The van der Waals surface area contributed by atoms with E-state index in [-0.39, 0.29) is 18.6 Å². The highest BCUT2D eigenvalue weighted by molar-refractivity contribution is 7.19. The fourth-order valence-corrected chi connectivity index (χ4v) is 6.33. The summed E-state index contributed by atoms with van der Waals surface area (Å²) in [6.45, 7) is 3.04. The fourth-order valence-electron chi connectivity index (χ4n) is 4.86. The minimum absolute atomic E-state index is 0.132. The molecule has 4 heterocycles. The Hall–Kier alpha value is -2.88. The van der Waals surface area contributed by atoms with Crippen LogP contribution in [0.4, 0.5) is 4.79 Å². The van der Waals surface area contributed by atoms with Crippen LogP contribution >= 0.6 is 22.9 Å². The zero-order valence-corrected chi connectivity index (χ0v) is 20.7.